The summed E-state index contributed by atoms with van der Waals surface area (Å²) >= 11 is 1.84. The summed E-state index contributed by atoms with van der Waals surface area (Å²) in [7, 11) is 1.98. The molecule has 0 aliphatic rings. The number of nitrogens with one attached hydrogen (secondary N) is 1. The van der Waals surface area contributed by atoms with E-state index in [-0.39, 0.29) is 6.04 Å². The van der Waals surface area contributed by atoms with Gasteiger partial charge in [-0.05, 0) is 37.2 Å². The number of hydrogen-bond acceptors (Lipinski definition) is 4. The molecule has 1 unspecified atom stereocenters. The second-order valence-corrected chi connectivity index (χ2v) is 5.86. The molecule has 1 heterocycles. The van der Waals surface area contributed by atoms with Crippen LogP contribution in [-0.4, -0.2) is 24.4 Å². The number of benzene rings is 1. The number of ether oxygens (including phenoxy) is 1. The Labute approximate surface area is 131 Å². The van der Waals surface area contributed by atoms with E-state index in [4.69, 9.17) is 4.74 Å². The first kappa shape index (κ1) is 15.9. The summed E-state index contributed by atoms with van der Waals surface area (Å²) in [5, 5.41) is 3.36. The van der Waals surface area contributed by atoms with Crippen molar-refractivity contribution >= 4 is 11.8 Å². The number of aromatic nitrogens is 1. The Hall–Kier alpha value is -1.52. The lowest BCUT2D eigenvalue weighted by atomic mass is 10.1. The highest BCUT2D eigenvalue weighted by atomic mass is 32.2. The highest BCUT2D eigenvalue weighted by molar-refractivity contribution is 7.99. The third kappa shape index (κ3) is 5.06. The molecule has 0 spiro atoms. The molecule has 21 heavy (non-hydrogen) atoms. The second-order valence-electron chi connectivity index (χ2n) is 4.77. The van der Waals surface area contributed by atoms with Crippen LogP contribution in [-0.2, 0) is 0 Å². The maximum absolute atomic E-state index is 5.66. The summed E-state index contributed by atoms with van der Waals surface area (Å²) in [4.78, 5) is 5.57. The van der Waals surface area contributed by atoms with E-state index in [2.05, 4.69) is 47.6 Å². The third-order valence-corrected chi connectivity index (χ3v) is 4.22. The first-order chi connectivity index (χ1) is 10.3. The summed E-state index contributed by atoms with van der Waals surface area (Å²) < 4.78 is 5.66. The highest BCUT2D eigenvalue weighted by Gasteiger charge is 2.11. The fourth-order valence-corrected chi connectivity index (χ4v) is 3.04. The molecule has 4 heteroatoms. The Bertz CT molecular complexity index is 533. The van der Waals surface area contributed by atoms with Gasteiger partial charge in [0, 0.05) is 22.9 Å². The lowest BCUT2D eigenvalue weighted by molar-refractivity contribution is 0.315. The second kappa shape index (κ2) is 8.70. The number of hydrogen-bond donors (Lipinski definition) is 1. The average Bonchev–Trinajstić information content (AvgIpc) is 2.55. The summed E-state index contributed by atoms with van der Waals surface area (Å²) in [5.74, 6) is 1.80. The molecule has 1 atom stereocenters. The summed E-state index contributed by atoms with van der Waals surface area (Å²) in [6.07, 6.45) is 4.69. The van der Waals surface area contributed by atoms with Crippen LogP contribution in [0.3, 0.4) is 0 Å². The van der Waals surface area contributed by atoms with Gasteiger partial charge in [-0.2, -0.15) is 0 Å². The zero-order valence-corrected chi connectivity index (χ0v) is 13.4. The zero-order chi connectivity index (χ0) is 14.9. The van der Waals surface area contributed by atoms with Crippen molar-refractivity contribution in [2.45, 2.75) is 24.3 Å². The summed E-state index contributed by atoms with van der Waals surface area (Å²) in [5.41, 5.74) is 1.16. The van der Waals surface area contributed by atoms with Crippen LogP contribution in [0.15, 0.2) is 53.7 Å². The molecule has 2 aromatic rings. The molecule has 1 aromatic heterocycles. The quantitative estimate of drug-likeness (QED) is 0.749. The smallest absolute Gasteiger partial charge is 0.137 e. The van der Waals surface area contributed by atoms with Gasteiger partial charge in [0.1, 0.15) is 5.75 Å². The van der Waals surface area contributed by atoms with Gasteiger partial charge in [-0.1, -0.05) is 25.1 Å². The Morgan fingerprint density at radius 2 is 2.05 bits per heavy atom. The maximum atomic E-state index is 5.66. The average molecular weight is 302 g/mol. The van der Waals surface area contributed by atoms with Gasteiger partial charge in [0.05, 0.1) is 12.8 Å². The van der Waals surface area contributed by atoms with E-state index < -0.39 is 0 Å². The lowest BCUT2D eigenvalue weighted by Crippen LogP contribution is -2.19. The van der Waals surface area contributed by atoms with Gasteiger partial charge in [0.2, 0.25) is 0 Å². The number of nitrogens with zero attached hydrogens (tertiary/aromatic N) is 1. The first-order valence-electron chi connectivity index (χ1n) is 7.26. The molecule has 0 bridgehead atoms. The minimum Gasteiger partial charge on any atom is -0.492 e. The van der Waals surface area contributed by atoms with Crippen molar-refractivity contribution in [3.8, 4) is 5.75 Å². The SMILES string of the molecule is CCCOc1cncc(C(CSc2ccccc2)NC)c1. The van der Waals surface area contributed by atoms with Gasteiger partial charge < -0.3 is 10.1 Å². The molecule has 0 aliphatic carbocycles. The Kier molecular flexibility index (Phi) is 6.57. The molecule has 0 saturated carbocycles. The standard InChI is InChI=1S/C17H22N2OS/c1-3-9-20-15-10-14(11-19-12-15)17(18-2)13-21-16-7-5-4-6-8-16/h4-8,10-12,17-18H,3,9,13H2,1-2H3. The van der Waals surface area contributed by atoms with Gasteiger partial charge >= 0.3 is 0 Å². The summed E-state index contributed by atoms with van der Waals surface area (Å²) in [6, 6.07) is 12.8. The van der Waals surface area contributed by atoms with E-state index >= 15 is 0 Å². The molecule has 1 aromatic carbocycles. The topological polar surface area (TPSA) is 34.1 Å². The Balaban J connectivity index is 1.99. The van der Waals surface area contributed by atoms with Crippen LogP contribution >= 0.6 is 11.8 Å². The van der Waals surface area contributed by atoms with E-state index in [0.717, 1.165) is 30.1 Å². The normalized spacial score (nSPS) is 12.1. The highest BCUT2D eigenvalue weighted by Crippen LogP contribution is 2.25. The summed E-state index contributed by atoms with van der Waals surface area (Å²) in [6.45, 7) is 2.83. The molecule has 1 N–H and O–H groups in total. The van der Waals surface area contributed by atoms with Crippen LogP contribution in [0.1, 0.15) is 24.9 Å². The number of pyridine rings is 1. The lowest BCUT2D eigenvalue weighted by Gasteiger charge is -2.17. The van der Waals surface area contributed by atoms with Gasteiger partial charge in [0.25, 0.3) is 0 Å². The van der Waals surface area contributed by atoms with Gasteiger partial charge in [0.15, 0.2) is 0 Å². The molecule has 3 nitrogen and oxygen atoms in total. The zero-order valence-electron chi connectivity index (χ0n) is 12.6. The minimum atomic E-state index is 0.257. The van der Waals surface area contributed by atoms with E-state index in [0.29, 0.717) is 0 Å². The number of rotatable bonds is 8. The van der Waals surface area contributed by atoms with E-state index in [9.17, 15) is 0 Å². The Morgan fingerprint density at radius 1 is 1.24 bits per heavy atom. The van der Waals surface area contributed by atoms with Crippen molar-refractivity contribution < 1.29 is 4.74 Å². The molecular formula is C17H22N2OS. The van der Waals surface area contributed by atoms with E-state index in [1.165, 1.54) is 4.90 Å². The van der Waals surface area contributed by atoms with Crippen LogP contribution < -0.4 is 10.1 Å². The van der Waals surface area contributed by atoms with E-state index in [1.54, 1.807) is 6.20 Å². The van der Waals surface area contributed by atoms with Gasteiger partial charge in [-0.15, -0.1) is 11.8 Å². The van der Waals surface area contributed by atoms with Crippen molar-refractivity contribution in [3.05, 3.63) is 54.4 Å². The van der Waals surface area contributed by atoms with Crippen LogP contribution in [0.25, 0.3) is 0 Å². The molecule has 0 fully saturated rings. The molecule has 0 amide bonds. The third-order valence-electron chi connectivity index (χ3n) is 3.12. The van der Waals surface area contributed by atoms with Crippen molar-refractivity contribution in [1.29, 1.82) is 0 Å². The monoisotopic (exact) mass is 302 g/mol. The molecule has 0 saturated heterocycles. The molecular weight excluding hydrogens is 280 g/mol. The molecule has 0 radical (unpaired) electrons. The van der Waals surface area contributed by atoms with Crippen molar-refractivity contribution in [2.75, 3.05) is 19.4 Å². The van der Waals surface area contributed by atoms with E-state index in [1.807, 2.05) is 31.1 Å². The molecule has 112 valence electrons. The van der Waals surface area contributed by atoms with Crippen LogP contribution in [0.4, 0.5) is 0 Å². The molecule has 2 rings (SSSR count). The fourth-order valence-electron chi connectivity index (χ4n) is 1.97. The Morgan fingerprint density at radius 3 is 2.76 bits per heavy atom. The van der Waals surface area contributed by atoms with Crippen LogP contribution in [0.5, 0.6) is 5.75 Å². The van der Waals surface area contributed by atoms with Gasteiger partial charge in [-0.3, -0.25) is 4.98 Å². The largest absolute Gasteiger partial charge is 0.492 e. The maximum Gasteiger partial charge on any atom is 0.137 e. The first-order valence-corrected chi connectivity index (χ1v) is 8.25. The minimum absolute atomic E-state index is 0.257. The van der Waals surface area contributed by atoms with Crippen molar-refractivity contribution in [3.63, 3.8) is 0 Å². The predicted octanol–water partition coefficient (Wildman–Crippen LogP) is 3.92. The fraction of sp³-hybridized carbons (Fsp3) is 0.353. The molecule has 0 aliphatic heterocycles. The number of thioether (sulfide) groups is 1. The van der Waals surface area contributed by atoms with Crippen LogP contribution in [0.2, 0.25) is 0 Å². The van der Waals surface area contributed by atoms with Crippen molar-refractivity contribution in [1.82, 2.24) is 10.3 Å². The predicted molar refractivity (Wildman–Crippen MR) is 89.0 cm³/mol. The van der Waals surface area contributed by atoms with Gasteiger partial charge in [-0.25, -0.2) is 0 Å². The van der Waals surface area contributed by atoms with Crippen molar-refractivity contribution in [2.24, 2.45) is 0 Å². The van der Waals surface area contributed by atoms with Crippen LogP contribution in [0, 0.1) is 0 Å².